The SMILES string of the molecule is CCC(C)[C@H](C(=O)O)n1cccc1C=O. The summed E-state index contributed by atoms with van der Waals surface area (Å²) in [5, 5.41) is 9.13. The van der Waals surface area contributed by atoms with E-state index in [0.717, 1.165) is 6.42 Å². The standard InChI is InChI=1S/C11H15NO3/c1-3-8(2)10(11(14)15)12-6-4-5-9(12)7-13/h4-8,10H,3H2,1-2H3,(H,14,15)/t8?,10-/m1/s1. The Bertz CT molecular complexity index is 356. The fourth-order valence-corrected chi connectivity index (χ4v) is 1.62. The van der Waals surface area contributed by atoms with Crippen LogP contribution in [0, 0.1) is 5.92 Å². The summed E-state index contributed by atoms with van der Waals surface area (Å²) < 4.78 is 1.52. The second kappa shape index (κ2) is 4.77. The van der Waals surface area contributed by atoms with Gasteiger partial charge in [0.25, 0.3) is 0 Å². The smallest absolute Gasteiger partial charge is 0.326 e. The molecule has 2 atom stereocenters. The number of carbonyl (C=O) groups is 2. The van der Waals surface area contributed by atoms with Crippen molar-refractivity contribution in [2.45, 2.75) is 26.3 Å². The van der Waals surface area contributed by atoms with Crippen molar-refractivity contribution in [3.8, 4) is 0 Å². The van der Waals surface area contributed by atoms with Gasteiger partial charge in [0.1, 0.15) is 6.04 Å². The minimum absolute atomic E-state index is 0.00593. The second-order valence-electron chi connectivity index (χ2n) is 3.63. The van der Waals surface area contributed by atoms with Crippen LogP contribution >= 0.6 is 0 Å². The molecule has 1 aromatic rings. The number of carbonyl (C=O) groups excluding carboxylic acids is 1. The van der Waals surface area contributed by atoms with Gasteiger partial charge in [-0.3, -0.25) is 4.79 Å². The van der Waals surface area contributed by atoms with Gasteiger partial charge < -0.3 is 9.67 Å². The van der Waals surface area contributed by atoms with E-state index in [1.807, 2.05) is 13.8 Å². The first-order valence-electron chi connectivity index (χ1n) is 4.96. The maximum absolute atomic E-state index is 11.1. The Kier molecular flexibility index (Phi) is 3.66. The molecule has 0 aliphatic rings. The third-order valence-electron chi connectivity index (χ3n) is 2.67. The first kappa shape index (κ1) is 11.5. The Balaban J connectivity index is 3.09. The highest BCUT2D eigenvalue weighted by Gasteiger charge is 2.26. The Labute approximate surface area is 88.5 Å². The van der Waals surface area contributed by atoms with Crippen molar-refractivity contribution in [3.63, 3.8) is 0 Å². The van der Waals surface area contributed by atoms with Crippen LogP contribution in [0.4, 0.5) is 0 Å². The molecule has 0 aliphatic carbocycles. The summed E-state index contributed by atoms with van der Waals surface area (Å²) in [6.45, 7) is 3.80. The van der Waals surface area contributed by atoms with Crippen LogP contribution in [0.25, 0.3) is 0 Å². The summed E-state index contributed by atoms with van der Waals surface area (Å²) in [6.07, 6.45) is 3.07. The zero-order valence-corrected chi connectivity index (χ0v) is 8.88. The van der Waals surface area contributed by atoms with E-state index in [0.29, 0.717) is 12.0 Å². The van der Waals surface area contributed by atoms with Crippen molar-refractivity contribution < 1.29 is 14.7 Å². The van der Waals surface area contributed by atoms with Gasteiger partial charge in [-0.25, -0.2) is 4.79 Å². The first-order valence-corrected chi connectivity index (χ1v) is 4.96. The zero-order chi connectivity index (χ0) is 11.4. The topological polar surface area (TPSA) is 59.3 Å². The van der Waals surface area contributed by atoms with E-state index < -0.39 is 12.0 Å². The Hall–Kier alpha value is -1.58. The Morgan fingerprint density at radius 3 is 2.80 bits per heavy atom. The molecule has 0 bridgehead atoms. The molecule has 4 nitrogen and oxygen atoms in total. The molecule has 15 heavy (non-hydrogen) atoms. The number of hydrogen-bond acceptors (Lipinski definition) is 2. The summed E-state index contributed by atoms with van der Waals surface area (Å²) in [5.74, 6) is -0.905. The number of carboxylic acid groups (broad SMARTS) is 1. The summed E-state index contributed by atoms with van der Waals surface area (Å²) in [5.41, 5.74) is 0.405. The number of nitrogens with zero attached hydrogens (tertiary/aromatic N) is 1. The fourth-order valence-electron chi connectivity index (χ4n) is 1.62. The van der Waals surface area contributed by atoms with Crippen LogP contribution in [0.3, 0.4) is 0 Å². The van der Waals surface area contributed by atoms with Crippen molar-refractivity contribution in [1.29, 1.82) is 0 Å². The minimum atomic E-state index is -0.899. The van der Waals surface area contributed by atoms with Gasteiger partial charge in [-0.1, -0.05) is 20.3 Å². The van der Waals surface area contributed by atoms with Crippen LogP contribution in [-0.2, 0) is 4.79 Å². The lowest BCUT2D eigenvalue weighted by Crippen LogP contribution is -2.26. The fraction of sp³-hybridized carbons (Fsp3) is 0.455. The second-order valence-corrected chi connectivity index (χ2v) is 3.63. The van der Waals surface area contributed by atoms with Crippen LogP contribution in [-0.4, -0.2) is 21.9 Å². The van der Waals surface area contributed by atoms with Gasteiger partial charge in [-0.2, -0.15) is 0 Å². The molecule has 1 heterocycles. The van der Waals surface area contributed by atoms with Crippen LogP contribution in [0.15, 0.2) is 18.3 Å². The number of hydrogen-bond donors (Lipinski definition) is 1. The van der Waals surface area contributed by atoms with Gasteiger partial charge in [0, 0.05) is 6.20 Å². The number of carboxylic acids is 1. The van der Waals surface area contributed by atoms with E-state index >= 15 is 0 Å². The number of rotatable bonds is 5. The molecule has 0 aliphatic heterocycles. The van der Waals surface area contributed by atoms with Crippen LogP contribution in [0.2, 0.25) is 0 Å². The van der Waals surface area contributed by atoms with E-state index in [4.69, 9.17) is 5.11 Å². The molecule has 1 aromatic heterocycles. The molecule has 0 aromatic carbocycles. The molecule has 0 fully saturated rings. The molecule has 0 saturated carbocycles. The monoisotopic (exact) mass is 209 g/mol. The molecule has 82 valence electrons. The van der Waals surface area contributed by atoms with Gasteiger partial charge in [0.15, 0.2) is 6.29 Å². The highest BCUT2D eigenvalue weighted by atomic mass is 16.4. The quantitative estimate of drug-likeness (QED) is 0.754. The Morgan fingerprint density at radius 2 is 2.33 bits per heavy atom. The van der Waals surface area contributed by atoms with Gasteiger partial charge in [0.05, 0.1) is 5.69 Å². The molecular weight excluding hydrogens is 194 g/mol. The molecule has 0 saturated heterocycles. The first-order chi connectivity index (χ1) is 7.11. The largest absolute Gasteiger partial charge is 0.480 e. The number of aromatic nitrogens is 1. The normalized spacial score (nSPS) is 14.5. The highest BCUT2D eigenvalue weighted by molar-refractivity contribution is 5.77. The lowest BCUT2D eigenvalue weighted by Gasteiger charge is -2.21. The average molecular weight is 209 g/mol. The summed E-state index contributed by atoms with van der Waals surface area (Å²) in [6, 6.07) is 2.64. The lowest BCUT2D eigenvalue weighted by molar-refractivity contribution is -0.142. The molecule has 4 heteroatoms. The average Bonchev–Trinajstić information content (AvgIpc) is 2.65. The van der Waals surface area contributed by atoms with E-state index in [1.54, 1.807) is 18.3 Å². The predicted octanol–water partition coefficient (Wildman–Crippen LogP) is 1.97. The third kappa shape index (κ3) is 2.26. The Morgan fingerprint density at radius 1 is 1.67 bits per heavy atom. The van der Waals surface area contributed by atoms with Crippen molar-refractivity contribution in [2.24, 2.45) is 5.92 Å². The molecule has 1 rings (SSSR count). The van der Waals surface area contributed by atoms with Crippen molar-refractivity contribution in [2.75, 3.05) is 0 Å². The summed E-state index contributed by atoms with van der Waals surface area (Å²) in [7, 11) is 0. The van der Waals surface area contributed by atoms with Crippen molar-refractivity contribution in [1.82, 2.24) is 4.57 Å². The summed E-state index contributed by atoms with van der Waals surface area (Å²) >= 11 is 0. The van der Waals surface area contributed by atoms with Crippen LogP contribution < -0.4 is 0 Å². The van der Waals surface area contributed by atoms with Crippen LogP contribution in [0.1, 0.15) is 36.8 Å². The molecule has 0 radical (unpaired) electrons. The van der Waals surface area contributed by atoms with Crippen LogP contribution in [0.5, 0.6) is 0 Å². The van der Waals surface area contributed by atoms with Gasteiger partial charge in [-0.15, -0.1) is 0 Å². The molecular formula is C11H15NO3. The number of aliphatic carboxylic acids is 1. The molecule has 0 spiro atoms. The number of aldehydes is 1. The van der Waals surface area contributed by atoms with Gasteiger partial charge in [0.2, 0.25) is 0 Å². The van der Waals surface area contributed by atoms with E-state index in [9.17, 15) is 9.59 Å². The van der Waals surface area contributed by atoms with Gasteiger partial charge >= 0.3 is 5.97 Å². The minimum Gasteiger partial charge on any atom is -0.480 e. The maximum Gasteiger partial charge on any atom is 0.326 e. The molecule has 1 unspecified atom stereocenters. The summed E-state index contributed by atoms with van der Waals surface area (Å²) in [4.78, 5) is 21.8. The van der Waals surface area contributed by atoms with E-state index in [2.05, 4.69) is 0 Å². The van der Waals surface area contributed by atoms with Gasteiger partial charge in [-0.05, 0) is 18.1 Å². The van der Waals surface area contributed by atoms with E-state index in [1.165, 1.54) is 4.57 Å². The highest BCUT2D eigenvalue weighted by Crippen LogP contribution is 2.23. The molecule has 1 N–H and O–H groups in total. The predicted molar refractivity (Wildman–Crippen MR) is 55.9 cm³/mol. The lowest BCUT2D eigenvalue weighted by atomic mass is 9.99. The van der Waals surface area contributed by atoms with E-state index in [-0.39, 0.29) is 5.92 Å². The zero-order valence-electron chi connectivity index (χ0n) is 8.88. The van der Waals surface area contributed by atoms with Crippen molar-refractivity contribution in [3.05, 3.63) is 24.0 Å². The maximum atomic E-state index is 11.1. The molecule has 0 amide bonds. The third-order valence-corrected chi connectivity index (χ3v) is 2.67. The van der Waals surface area contributed by atoms with Crippen molar-refractivity contribution >= 4 is 12.3 Å².